The number of aromatic nitrogens is 2. The van der Waals surface area contributed by atoms with Gasteiger partial charge >= 0.3 is 0 Å². The second-order valence-corrected chi connectivity index (χ2v) is 8.89. The van der Waals surface area contributed by atoms with Gasteiger partial charge in [0.15, 0.2) is 0 Å². The molecule has 1 aromatic rings. The zero-order valence-electron chi connectivity index (χ0n) is 16.8. The quantitative estimate of drug-likeness (QED) is 0.850. The van der Waals surface area contributed by atoms with Crippen LogP contribution in [-0.2, 0) is 4.79 Å². The summed E-state index contributed by atoms with van der Waals surface area (Å²) in [5.74, 6) is 1.81. The fourth-order valence-corrected chi connectivity index (χ4v) is 4.56. The summed E-state index contributed by atoms with van der Waals surface area (Å²) in [6.45, 7) is 10.3. The van der Waals surface area contributed by atoms with Gasteiger partial charge in [-0.25, -0.2) is 9.97 Å². The number of carbonyl (C=O) groups is 1. The summed E-state index contributed by atoms with van der Waals surface area (Å²) in [4.78, 5) is 23.7. The maximum atomic E-state index is 12.3. The van der Waals surface area contributed by atoms with Gasteiger partial charge in [0.1, 0.15) is 5.78 Å². The summed E-state index contributed by atoms with van der Waals surface area (Å²) in [7, 11) is 0. The van der Waals surface area contributed by atoms with Crippen LogP contribution in [0.4, 0.5) is 11.6 Å². The van der Waals surface area contributed by atoms with Gasteiger partial charge in [0.05, 0.1) is 18.1 Å². The van der Waals surface area contributed by atoms with Crippen LogP contribution in [0, 0.1) is 17.3 Å². The van der Waals surface area contributed by atoms with E-state index in [0.717, 1.165) is 37.6 Å². The topological polar surface area (TPSA) is 58.1 Å². The Kier molecular flexibility index (Phi) is 5.83. The Morgan fingerprint density at radius 3 is 2.15 bits per heavy atom. The second kappa shape index (κ2) is 7.93. The van der Waals surface area contributed by atoms with Crippen molar-refractivity contribution in [3.05, 3.63) is 12.4 Å². The first-order valence-electron chi connectivity index (χ1n) is 10.3. The number of Topliss-reactive ketones (excluding diaryl/α,β-unsaturated/α-hetero) is 1. The van der Waals surface area contributed by atoms with E-state index >= 15 is 0 Å². The highest BCUT2D eigenvalue weighted by Gasteiger charge is 2.40. The summed E-state index contributed by atoms with van der Waals surface area (Å²) in [5, 5.41) is 3.33. The van der Waals surface area contributed by atoms with Gasteiger partial charge in [-0.05, 0) is 57.8 Å². The van der Waals surface area contributed by atoms with Crippen molar-refractivity contribution >= 4 is 17.4 Å². The molecule has 1 saturated carbocycles. The van der Waals surface area contributed by atoms with Crippen molar-refractivity contribution in [2.45, 2.75) is 72.3 Å². The molecule has 0 aromatic carbocycles. The van der Waals surface area contributed by atoms with Gasteiger partial charge in [0.2, 0.25) is 5.95 Å². The zero-order chi connectivity index (χ0) is 18.7. The molecule has 2 heterocycles. The lowest BCUT2D eigenvalue weighted by molar-refractivity contribution is -0.127. The number of rotatable bonds is 5. The predicted molar refractivity (Wildman–Crippen MR) is 106 cm³/mol. The van der Waals surface area contributed by atoms with Gasteiger partial charge in [0.25, 0.3) is 0 Å². The molecule has 1 aromatic heterocycles. The van der Waals surface area contributed by atoms with Crippen molar-refractivity contribution in [3.8, 4) is 0 Å². The summed E-state index contributed by atoms with van der Waals surface area (Å²) in [6.07, 6.45) is 10.8. The number of piperidine rings is 1. The molecular formula is C21H34N4O. The van der Waals surface area contributed by atoms with E-state index in [1.807, 2.05) is 26.2 Å². The first-order chi connectivity index (χ1) is 12.4. The predicted octanol–water partition coefficient (Wildman–Crippen LogP) is 4.30. The maximum Gasteiger partial charge on any atom is 0.225 e. The normalized spacial score (nSPS) is 20.8. The van der Waals surface area contributed by atoms with E-state index in [1.165, 1.54) is 25.7 Å². The molecule has 2 fully saturated rings. The molecule has 0 amide bonds. The van der Waals surface area contributed by atoms with Gasteiger partial charge in [0, 0.05) is 31.0 Å². The highest BCUT2D eigenvalue weighted by molar-refractivity contribution is 5.82. The van der Waals surface area contributed by atoms with Crippen molar-refractivity contribution in [1.82, 2.24) is 9.97 Å². The highest BCUT2D eigenvalue weighted by Crippen LogP contribution is 2.47. The van der Waals surface area contributed by atoms with E-state index in [9.17, 15) is 4.79 Å². The fourth-order valence-electron chi connectivity index (χ4n) is 4.56. The number of nitrogens with one attached hydrogen (secondary N) is 1. The molecule has 144 valence electrons. The molecule has 5 heteroatoms. The Labute approximate surface area is 158 Å². The van der Waals surface area contributed by atoms with Crippen LogP contribution in [-0.4, -0.2) is 34.9 Å². The summed E-state index contributed by atoms with van der Waals surface area (Å²) < 4.78 is 0. The minimum absolute atomic E-state index is 0.182. The van der Waals surface area contributed by atoms with Crippen LogP contribution in [0.2, 0.25) is 0 Å². The van der Waals surface area contributed by atoms with Gasteiger partial charge in [-0.1, -0.05) is 13.8 Å². The zero-order valence-corrected chi connectivity index (χ0v) is 16.8. The Bertz CT molecular complexity index is 593. The van der Waals surface area contributed by atoms with Crippen LogP contribution in [0.1, 0.15) is 66.2 Å². The number of ketones is 1. The lowest BCUT2D eigenvalue weighted by atomic mass is 9.64. The Morgan fingerprint density at radius 1 is 1.08 bits per heavy atom. The minimum atomic E-state index is 0.182. The molecule has 1 aliphatic heterocycles. The standard InChI is InChI=1S/C21H34N4O/c1-15(2)19(26)17-5-7-21(8-6-17)9-11-25(12-10-21)20-22-13-18(14-23-20)24-16(3)4/h13-17,24H,5-12H2,1-4H3. The molecule has 0 unspecified atom stereocenters. The maximum absolute atomic E-state index is 12.3. The average Bonchev–Trinajstić information content (AvgIpc) is 2.63. The van der Waals surface area contributed by atoms with Crippen LogP contribution >= 0.6 is 0 Å². The summed E-state index contributed by atoms with van der Waals surface area (Å²) >= 11 is 0. The van der Waals surface area contributed by atoms with Crippen molar-refractivity contribution < 1.29 is 4.79 Å². The van der Waals surface area contributed by atoms with Crippen molar-refractivity contribution in [2.75, 3.05) is 23.3 Å². The molecule has 1 N–H and O–H groups in total. The number of anilines is 2. The Balaban J connectivity index is 1.52. The van der Waals surface area contributed by atoms with E-state index < -0.39 is 0 Å². The van der Waals surface area contributed by atoms with Gasteiger partial charge in [-0.2, -0.15) is 0 Å². The van der Waals surface area contributed by atoms with Crippen LogP contribution < -0.4 is 10.2 Å². The molecule has 2 aliphatic rings. The van der Waals surface area contributed by atoms with E-state index in [-0.39, 0.29) is 5.92 Å². The Morgan fingerprint density at radius 2 is 1.65 bits per heavy atom. The molecule has 0 atom stereocenters. The largest absolute Gasteiger partial charge is 0.380 e. The van der Waals surface area contributed by atoms with E-state index in [1.54, 1.807) is 0 Å². The highest BCUT2D eigenvalue weighted by atomic mass is 16.1. The van der Waals surface area contributed by atoms with Crippen LogP contribution in [0.25, 0.3) is 0 Å². The molecule has 1 saturated heterocycles. The SMILES string of the molecule is CC(C)Nc1cnc(N2CCC3(CCC(C(=O)C(C)C)CC3)CC2)nc1. The van der Waals surface area contributed by atoms with Crippen LogP contribution in [0.15, 0.2) is 12.4 Å². The van der Waals surface area contributed by atoms with Gasteiger partial charge in [-0.3, -0.25) is 4.79 Å². The number of nitrogens with zero attached hydrogens (tertiary/aromatic N) is 3. The lowest BCUT2D eigenvalue weighted by Crippen LogP contribution is -2.43. The summed E-state index contributed by atoms with van der Waals surface area (Å²) in [5.41, 5.74) is 1.43. The fraction of sp³-hybridized carbons (Fsp3) is 0.762. The number of hydrogen-bond donors (Lipinski definition) is 1. The van der Waals surface area contributed by atoms with Crippen molar-refractivity contribution in [2.24, 2.45) is 17.3 Å². The molecule has 1 spiro atoms. The third-order valence-electron chi connectivity index (χ3n) is 6.22. The molecule has 5 nitrogen and oxygen atoms in total. The first kappa shape index (κ1) is 19.1. The van der Waals surface area contributed by atoms with E-state index in [0.29, 0.717) is 23.2 Å². The first-order valence-corrected chi connectivity index (χ1v) is 10.3. The van der Waals surface area contributed by atoms with Gasteiger partial charge in [-0.15, -0.1) is 0 Å². The second-order valence-electron chi connectivity index (χ2n) is 8.89. The Hall–Kier alpha value is -1.65. The van der Waals surface area contributed by atoms with E-state index in [4.69, 9.17) is 0 Å². The van der Waals surface area contributed by atoms with Crippen LogP contribution in [0.5, 0.6) is 0 Å². The smallest absolute Gasteiger partial charge is 0.225 e. The molecule has 0 bridgehead atoms. The lowest BCUT2D eigenvalue weighted by Gasteiger charge is -2.46. The van der Waals surface area contributed by atoms with Crippen molar-refractivity contribution in [1.29, 1.82) is 0 Å². The minimum Gasteiger partial charge on any atom is -0.380 e. The third kappa shape index (κ3) is 4.36. The molecule has 26 heavy (non-hydrogen) atoms. The molecule has 1 aliphatic carbocycles. The summed E-state index contributed by atoms with van der Waals surface area (Å²) in [6, 6.07) is 0.386. The molecular weight excluding hydrogens is 324 g/mol. The molecule has 3 rings (SSSR count). The average molecular weight is 359 g/mol. The monoisotopic (exact) mass is 358 g/mol. The third-order valence-corrected chi connectivity index (χ3v) is 6.22. The van der Waals surface area contributed by atoms with Gasteiger partial charge < -0.3 is 10.2 Å². The number of hydrogen-bond acceptors (Lipinski definition) is 5. The van der Waals surface area contributed by atoms with Crippen molar-refractivity contribution in [3.63, 3.8) is 0 Å². The van der Waals surface area contributed by atoms with E-state index in [2.05, 4.69) is 34.0 Å². The number of carbonyl (C=O) groups excluding carboxylic acids is 1. The molecule has 0 radical (unpaired) electrons. The van der Waals surface area contributed by atoms with Crippen LogP contribution in [0.3, 0.4) is 0 Å².